The highest BCUT2D eigenvalue weighted by Gasteiger charge is 2.33. The van der Waals surface area contributed by atoms with Gasteiger partial charge in [0.2, 0.25) is 5.89 Å². The fourth-order valence-electron chi connectivity index (χ4n) is 2.20. The van der Waals surface area contributed by atoms with Gasteiger partial charge in [-0.3, -0.25) is 9.80 Å². The number of piperazine rings is 1. The minimum absolute atomic E-state index is 0.0609. The molecule has 1 aromatic heterocycles. The zero-order valence-electron chi connectivity index (χ0n) is 10.9. The zero-order valence-corrected chi connectivity index (χ0v) is 10.9. The van der Waals surface area contributed by atoms with E-state index in [2.05, 4.69) is 15.0 Å². The first-order valence-corrected chi connectivity index (χ1v) is 6.18. The molecule has 2 heterocycles. The Balaban J connectivity index is 1.86. The molecule has 0 N–H and O–H groups in total. The maximum Gasteiger partial charge on any atom is 0.401 e. The Morgan fingerprint density at radius 3 is 2.37 bits per heavy atom. The molecule has 0 aliphatic carbocycles. The number of aryl methyl sites for hydroxylation is 1. The van der Waals surface area contributed by atoms with Crippen molar-refractivity contribution in [2.75, 3.05) is 32.7 Å². The van der Waals surface area contributed by atoms with Crippen LogP contribution in [0.2, 0.25) is 0 Å². The van der Waals surface area contributed by atoms with Crippen LogP contribution in [0.15, 0.2) is 4.52 Å². The average molecular weight is 278 g/mol. The fraction of sp³-hybridized carbons (Fsp3) is 0.818. The molecule has 1 saturated heterocycles. The van der Waals surface area contributed by atoms with E-state index in [4.69, 9.17) is 4.52 Å². The molecule has 0 radical (unpaired) electrons. The summed E-state index contributed by atoms with van der Waals surface area (Å²) in [6, 6.07) is -0.0609. The Hall–Kier alpha value is -1.15. The van der Waals surface area contributed by atoms with Crippen LogP contribution in [-0.4, -0.2) is 58.8 Å². The standard InChI is InChI=1S/C11H17F3N4O/c1-8(10-15-9(2)16-19-10)18-5-3-17(4-6-18)7-11(12,13)14/h8H,3-7H2,1-2H3/t8-/m0/s1. The maximum atomic E-state index is 12.3. The van der Waals surface area contributed by atoms with E-state index in [1.807, 2.05) is 6.92 Å². The van der Waals surface area contributed by atoms with Crippen LogP contribution in [0.5, 0.6) is 0 Å². The van der Waals surface area contributed by atoms with Crippen LogP contribution < -0.4 is 0 Å². The summed E-state index contributed by atoms with van der Waals surface area (Å²) in [6.07, 6.45) is -4.13. The lowest BCUT2D eigenvalue weighted by atomic mass is 10.2. The highest BCUT2D eigenvalue weighted by atomic mass is 19.4. The normalized spacial score (nSPS) is 20.7. The van der Waals surface area contributed by atoms with Crippen LogP contribution in [0.3, 0.4) is 0 Å². The van der Waals surface area contributed by atoms with E-state index in [0.717, 1.165) is 0 Å². The van der Waals surface area contributed by atoms with Crippen molar-refractivity contribution in [3.63, 3.8) is 0 Å². The molecule has 1 aromatic rings. The van der Waals surface area contributed by atoms with Gasteiger partial charge < -0.3 is 4.52 Å². The number of hydrogen-bond donors (Lipinski definition) is 0. The monoisotopic (exact) mass is 278 g/mol. The van der Waals surface area contributed by atoms with Crippen molar-refractivity contribution in [1.29, 1.82) is 0 Å². The van der Waals surface area contributed by atoms with Gasteiger partial charge in [0, 0.05) is 26.2 Å². The van der Waals surface area contributed by atoms with Gasteiger partial charge in [-0.2, -0.15) is 18.2 Å². The first-order valence-electron chi connectivity index (χ1n) is 6.18. The highest BCUT2D eigenvalue weighted by molar-refractivity contribution is 4.92. The molecule has 8 heteroatoms. The van der Waals surface area contributed by atoms with E-state index >= 15 is 0 Å². The molecule has 1 fully saturated rings. The van der Waals surface area contributed by atoms with E-state index in [0.29, 0.717) is 37.9 Å². The second-order valence-corrected chi connectivity index (χ2v) is 4.78. The van der Waals surface area contributed by atoms with Crippen molar-refractivity contribution in [3.8, 4) is 0 Å². The third-order valence-corrected chi connectivity index (χ3v) is 3.26. The van der Waals surface area contributed by atoms with Gasteiger partial charge in [0.25, 0.3) is 0 Å². The number of nitrogens with zero attached hydrogens (tertiary/aromatic N) is 4. The first-order chi connectivity index (χ1) is 8.85. The summed E-state index contributed by atoms with van der Waals surface area (Å²) < 4.78 is 41.9. The Morgan fingerprint density at radius 2 is 1.89 bits per heavy atom. The van der Waals surface area contributed by atoms with Crippen LogP contribution in [0.1, 0.15) is 24.7 Å². The Labute approximate surface area is 109 Å². The lowest BCUT2D eigenvalue weighted by molar-refractivity contribution is -0.149. The van der Waals surface area contributed by atoms with Gasteiger partial charge in [-0.15, -0.1) is 0 Å². The number of alkyl halides is 3. The van der Waals surface area contributed by atoms with Gasteiger partial charge in [-0.05, 0) is 13.8 Å². The molecule has 0 saturated carbocycles. The highest BCUT2D eigenvalue weighted by Crippen LogP contribution is 2.22. The lowest BCUT2D eigenvalue weighted by Gasteiger charge is -2.36. The smallest absolute Gasteiger partial charge is 0.338 e. The molecular weight excluding hydrogens is 261 g/mol. The van der Waals surface area contributed by atoms with Crippen molar-refractivity contribution in [2.45, 2.75) is 26.1 Å². The summed E-state index contributed by atoms with van der Waals surface area (Å²) in [5.74, 6) is 1.08. The molecule has 0 aromatic carbocycles. The van der Waals surface area contributed by atoms with Crippen LogP contribution in [0.25, 0.3) is 0 Å². The summed E-state index contributed by atoms with van der Waals surface area (Å²) in [5.41, 5.74) is 0. The molecule has 19 heavy (non-hydrogen) atoms. The van der Waals surface area contributed by atoms with Crippen molar-refractivity contribution < 1.29 is 17.7 Å². The van der Waals surface area contributed by atoms with Crippen LogP contribution >= 0.6 is 0 Å². The summed E-state index contributed by atoms with van der Waals surface area (Å²) in [4.78, 5) is 7.63. The second kappa shape index (κ2) is 5.46. The van der Waals surface area contributed by atoms with E-state index in [-0.39, 0.29) is 6.04 Å². The van der Waals surface area contributed by atoms with Gasteiger partial charge >= 0.3 is 6.18 Å². The third kappa shape index (κ3) is 3.90. The fourth-order valence-corrected chi connectivity index (χ4v) is 2.20. The van der Waals surface area contributed by atoms with Crippen molar-refractivity contribution in [2.24, 2.45) is 0 Å². The van der Waals surface area contributed by atoms with Gasteiger partial charge in [-0.1, -0.05) is 5.16 Å². The Kier molecular flexibility index (Phi) is 4.10. The molecule has 1 atom stereocenters. The van der Waals surface area contributed by atoms with E-state index < -0.39 is 12.7 Å². The van der Waals surface area contributed by atoms with Crippen LogP contribution in [0.4, 0.5) is 13.2 Å². The van der Waals surface area contributed by atoms with E-state index in [9.17, 15) is 13.2 Å². The third-order valence-electron chi connectivity index (χ3n) is 3.26. The van der Waals surface area contributed by atoms with Gasteiger partial charge in [0.05, 0.1) is 12.6 Å². The molecule has 0 bridgehead atoms. The van der Waals surface area contributed by atoms with Crippen LogP contribution in [-0.2, 0) is 0 Å². The second-order valence-electron chi connectivity index (χ2n) is 4.78. The summed E-state index contributed by atoms with van der Waals surface area (Å²) in [5, 5.41) is 3.72. The van der Waals surface area contributed by atoms with Gasteiger partial charge in [-0.25, -0.2) is 0 Å². The number of aromatic nitrogens is 2. The van der Waals surface area contributed by atoms with E-state index in [1.165, 1.54) is 4.90 Å². The summed E-state index contributed by atoms with van der Waals surface area (Å²) in [6.45, 7) is 4.76. The van der Waals surface area contributed by atoms with Crippen molar-refractivity contribution >= 4 is 0 Å². The van der Waals surface area contributed by atoms with Gasteiger partial charge in [0.1, 0.15) is 0 Å². The van der Waals surface area contributed by atoms with Gasteiger partial charge in [0.15, 0.2) is 5.82 Å². The first kappa shape index (κ1) is 14.3. The van der Waals surface area contributed by atoms with Crippen LogP contribution in [0, 0.1) is 6.92 Å². The SMILES string of the molecule is Cc1noc([C@H](C)N2CCN(CC(F)(F)F)CC2)n1. The maximum absolute atomic E-state index is 12.3. The number of halogens is 3. The minimum Gasteiger partial charge on any atom is -0.338 e. The average Bonchev–Trinajstić information content (AvgIpc) is 2.74. The van der Waals surface area contributed by atoms with E-state index in [1.54, 1.807) is 6.92 Å². The number of hydrogen-bond acceptors (Lipinski definition) is 5. The predicted octanol–water partition coefficient (Wildman–Crippen LogP) is 1.62. The quantitative estimate of drug-likeness (QED) is 0.840. The molecular formula is C11H17F3N4O. The zero-order chi connectivity index (χ0) is 14.0. The molecule has 108 valence electrons. The number of rotatable bonds is 3. The summed E-state index contributed by atoms with van der Waals surface area (Å²) >= 11 is 0. The topological polar surface area (TPSA) is 45.4 Å². The summed E-state index contributed by atoms with van der Waals surface area (Å²) in [7, 11) is 0. The lowest BCUT2D eigenvalue weighted by Crippen LogP contribution is -2.49. The van der Waals surface area contributed by atoms with Crippen molar-refractivity contribution in [3.05, 3.63) is 11.7 Å². The molecule has 1 aliphatic heterocycles. The molecule has 1 aliphatic rings. The Bertz CT molecular complexity index is 412. The molecule has 0 amide bonds. The van der Waals surface area contributed by atoms with Crippen molar-refractivity contribution in [1.82, 2.24) is 19.9 Å². The predicted molar refractivity (Wildman–Crippen MR) is 61.5 cm³/mol. The molecule has 2 rings (SSSR count). The molecule has 0 unspecified atom stereocenters. The molecule has 0 spiro atoms. The Morgan fingerprint density at radius 1 is 1.26 bits per heavy atom. The minimum atomic E-state index is -4.13. The largest absolute Gasteiger partial charge is 0.401 e. The molecule has 5 nitrogen and oxygen atoms in total.